The van der Waals surface area contributed by atoms with E-state index in [-0.39, 0.29) is 39.1 Å². The molecule has 1 aliphatic carbocycles. The third-order valence-electron chi connectivity index (χ3n) is 7.66. The van der Waals surface area contributed by atoms with Gasteiger partial charge in [-0.05, 0) is 69.5 Å². The highest BCUT2D eigenvalue weighted by Crippen LogP contribution is 2.33. The zero-order valence-corrected chi connectivity index (χ0v) is 26.5. The Bertz CT molecular complexity index is 1510. The number of sulfonamides is 1. The maximum Gasteiger partial charge on any atom is 0.264 e. The first-order valence-corrected chi connectivity index (χ1v) is 16.3. The Hall–Kier alpha value is -3.07. The van der Waals surface area contributed by atoms with Crippen LogP contribution in [0.5, 0.6) is 0 Å². The molecule has 3 aromatic carbocycles. The summed E-state index contributed by atoms with van der Waals surface area (Å²) in [6.07, 6.45) is 5.06. The average molecular weight is 631 g/mol. The van der Waals surface area contributed by atoms with Gasteiger partial charge in [-0.1, -0.05) is 90.0 Å². The molecule has 2 amide bonds. The summed E-state index contributed by atoms with van der Waals surface area (Å²) in [5.74, 6) is -0.815. The van der Waals surface area contributed by atoms with Crippen LogP contribution in [0.4, 0.5) is 5.69 Å². The fraction of sp³-hybridized carbons (Fsp3) is 0.375. The molecule has 1 aliphatic rings. The molecule has 0 unspecified atom stereocenters. The molecule has 1 N–H and O–H groups in total. The highest BCUT2D eigenvalue weighted by Gasteiger charge is 2.34. The summed E-state index contributed by atoms with van der Waals surface area (Å²) in [6.45, 7) is 5.04. The van der Waals surface area contributed by atoms with Crippen molar-refractivity contribution in [3.63, 3.8) is 0 Å². The fourth-order valence-corrected chi connectivity index (χ4v) is 6.93. The number of hydrogen-bond donors (Lipinski definition) is 1. The third kappa shape index (κ3) is 7.85. The lowest BCUT2D eigenvalue weighted by Gasteiger charge is -2.33. The molecule has 3 aromatic rings. The first-order chi connectivity index (χ1) is 20.0. The molecule has 4 rings (SSSR count). The van der Waals surface area contributed by atoms with Crippen molar-refractivity contribution in [2.24, 2.45) is 0 Å². The van der Waals surface area contributed by atoms with E-state index in [0.717, 1.165) is 53.1 Å². The molecule has 10 heteroatoms. The molecule has 1 atom stereocenters. The maximum atomic E-state index is 14.1. The van der Waals surface area contributed by atoms with E-state index >= 15 is 0 Å². The zero-order valence-electron chi connectivity index (χ0n) is 24.1. The first-order valence-electron chi connectivity index (χ1n) is 14.2. The quantitative estimate of drug-likeness (QED) is 0.271. The van der Waals surface area contributed by atoms with E-state index < -0.39 is 28.5 Å². The molecule has 0 radical (unpaired) electrons. The van der Waals surface area contributed by atoms with Gasteiger partial charge in [0.25, 0.3) is 10.0 Å². The fourth-order valence-electron chi connectivity index (χ4n) is 5.07. The lowest BCUT2D eigenvalue weighted by atomic mass is 9.95. The SMILES string of the molecule is Cc1ccc(CN(C(=O)CN(c2cc(Cl)ccc2Cl)S(=O)(=O)c2ccc(C)cc2)[C@H](C)C(=O)NC2CCCCC2)cc1. The monoisotopic (exact) mass is 629 g/mol. The summed E-state index contributed by atoms with van der Waals surface area (Å²) in [4.78, 5) is 29.0. The van der Waals surface area contributed by atoms with E-state index in [4.69, 9.17) is 23.2 Å². The lowest BCUT2D eigenvalue weighted by Crippen LogP contribution is -2.53. The number of amides is 2. The van der Waals surface area contributed by atoms with Gasteiger partial charge < -0.3 is 10.2 Å². The number of nitrogens with one attached hydrogen (secondary N) is 1. The summed E-state index contributed by atoms with van der Waals surface area (Å²) in [5, 5.41) is 3.50. The standard InChI is InChI=1S/C32H37Cl2N3O4S/c1-22-9-13-25(14-10-22)20-36(24(3)32(39)35-27-7-5-4-6-8-27)31(38)21-37(30-19-26(33)15-18-29(30)34)42(40,41)28-16-11-23(2)12-17-28/h9-19,24,27H,4-8,20-21H2,1-3H3,(H,35,39)/t24-/m1/s1. The molecule has 0 heterocycles. The molecule has 0 spiro atoms. The summed E-state index contributed by atoms with van der Waals surface area (Å²) in [6, 6.07) is 17.7. The second-order valence-electron chi connectivity index (χ2n) is 10.9. The van der Waals surface area contributed by atoms with E-state index in [0.29, 0.717) is 0 Å². The Balaban J connectivity index is 1.70. The van der Waals surface area contributed by atoms with Gasteiger partial charge in [-0.3, -0.25) is 13.9 Å². The molecule has 0 saturated heterocycles. The Morgan fingerprint density at radius 2 is 1.50 bits per heavy atom. The van der Waals surface area contributed by atoms with Gasteiger partial charge in [0.2, 0.25) is 11.8 Å². The number of halogens is 2. The predicted molar refractivity (Wildman–Crippen MR) is 168 cm³/mol. The highest BCUT2D eigenvalue weighted by atomic mass is 35.5. The van der Waals surface area contributed by atoms with Crippen molar-refractivity contribution >= 4 is 50.7 Å². The number of carbonyl (C=O) groups is 2. The summed E-state index contributed by atoms with van der Waals surface area (Å²) < 4.78 is 29.0. The van der Waals surface area contributed by atoms with Crippen molar-refractivity contribution in [1.82, 2.24) is 10.2 Å². The second kappa shape index (κ2) is 13.9. The number of carbonyl (C=O) groups excluding carboxylic acids is 2. The molecule has 0 aliphatic heterocycles. The number of benzene rings is 3. The van der Waals surface area contributed by atoms with E-state index in [1.54, 1.807) is 25.1 Å². The van der Waals surface area contributed by atoms with Crippen molar-refractivity contribution in [3.05, 3.63) is 93.5 Å². The summed E-state index contributed by atoms with van der Waals surface area (Å²) in [5.41, 5.74) is 2.85. The van der Waals surface area contributed by atoms with Crippen LogP contribution in [0.3, 0.4) is 0 Å². The van der Waals surface area contributed by atoms with Crippen LogP contribution in [-0.4, -0.2) is 43.8 Å². The van der Waals surface area contributed by atoms with Crippen LogP contribution in [0.25, 0.3) is 0 Å². The number of anilines is 1. The maximum absolute atomic E-state index is 14.1. The largest absolute Gasteiger partial charge is 0.352 e. The van der Waals surface area contributed by atoms with Crippen molar-refractivity contribution < 1.29 is 18.0 Å². The Morgan fingerprint density at radius 3 is 2.12 bits per heavy atom. The van der Waals surface area contributed by atoms with Crippen LogP contribution >= 0.6 is 23.2 Å². The van der Waals surface area contributed by atoms with Gasteiger partial charge in [-0.25, -0.2) is 8.42 Å². The van der Waals surface area contributed by atoms with Gasteiger partial charge in [-0.15, -0.1) is 0 Å². The van der Waals surface area contributed by atoms with Crippen molar-refractivity contribution in [2.45, 2.75) is 76.4 Å². The van der Waals surface area contributed by atoms with Gasteiger partial charge in [0.05, 0.1) is 15.6 Å². The molecular formula is C32H37Cl2N3O4S. The van der Waals surface area contributed by atoms with Crippen molar-refractivity contribution in [2.75, 3.05) is 10.8 Å². The number of hydrogen-bond acceptors (Lipinski definition) is 4. The van der Waals surface area contributed by atoms with Crippen LogP contribution in [0.15, 0.2) is 71.6 Å². The predicted octanol–water partition coefficient (Wildman–Crippen LogP) is 6.67. The second-order valence-corrected chi connectivity index (χ2v) is 13.7. The van der Waals surface area contributed by atoms with E-state index in [1.807, 2.05) is 38.1 Å². The number of nitrogens with zero attached hydrogens (tertiary/aromatic N) is 2. The minimum atomic E-state index is -4.24. The van der Waals surface area contributed by atoms with Crippen molar-refractivity contribution in [1.29, 1.82) is 0 Å². The normalized spacial score (nSPS) is 14.7. The molecule has 1 fully saturated rings. The smallest absolute Gasteiger partial charge is 0.264 e. The third-order valence-corrected chi connectivity index (χ3v) is 9.99. The molecular weight excluding hydrogens is 593 g/mol. The molecule has 0 bridgehead atoms. The zero-order chi connectivity index (χ0) is 30.4. The van der Waals surface area contributed by atoms with Gasteiger partial charge in [0, 0.05) is 17.6 Å². The summed E-state index contributed by atoms with van der Waals surface area (Å²) in [7, 11) is -4.24. The van der Waals surface area contributed by atoms with Crippen LogP contribution in [-0.2, 0) is 26.2 Å². The highest BCUT2D eigenvalue weighted by molar-refractivity contribution is 7.92. The van der Waals surface area contributed by atoms with Crippen LogP contribution in [0.2, 0.25) is 10.0 Å². The Kier molecular flexibility index (Phi) is 10.6. The van der Waals surface area contributed by atoms with Gasteiger partial charge in [0.1, 0.15) is 12.6 Å². The Morgan fingerprint density at radius 1 is 0.905 bits per heavy atom. The number of aryl methyl sites for hydroxylation is 2. The Labute approximate surface area is 258 Å². The minimum absolute atomic E-state index is 0.00474. The minimum Gasteiger partial charge on any atom is -0.352 e. The van der Waals surface area contributed by atoms with Crippen LogP contribution in [0, 0.1) is 13.8 Å². The van der Waals surface area contributed by atoms with E-state index in [1.165, 1.54) is 29.2 Å². The van der Waals surface area contributed by atoms with E-state index in [2.05, 4.69) is 5.32 Å². The van der Waals surface area contributed by atoms with Gasteiger partial charge in [-0.2, -0.15) is 0 Å². The summed E-state index contributed by atoms with van der Waals surface area (Å²) >= 11 is 12.7. The molecule has 7 nitrogen and oxygen atoms in total. The van der Waals surface area contributed by atoms with Gasteiger partial charge >= 0.3 is 0 Å². The van der Waals surface area contributed by atoms with Crippen LogP contribution < -0.4 is 9.62 Å². The molecule has 1 saturated carbocycles. The lowest BCUT2D eigenvalue weighted by molar-refractivity contribution is -0.139. The average Bonchev–Trinajstić information content (AvgIpc) is 2.97. The van der Waals surface area contributed by atoms with Gasteiger partial charge in [0.15, 0.2) is 0 Å². The first kappa shape index (κ1) is 31.9. The van der Waals surface area contributed by atoms with Crippen LogP contribution in [0.1, 0.15) is 55.7 Å². The molecule has 42 heavy (non-hydrogen) atoms. The molecule has 224 valence electrons. The van der Waals surface area contributed by atoms with E-state index in [9.17, 15) is 18.0 Å². The number of rotatable bonds is 10. The van der Waals surface area contributed by atoms with Crippen molar-refractivity contribution in [3.8, 4) is 0 Å². The topological polar surface area (TPSA) is 86.8 Å². The molecule has 0 aromatic heterocycles.